The normalized spacial score (nSPS) is 24.6. The average Bonchev–Trinajstić information content (AvgIpc) is 3.38. The Hall–Kier alpha value is -4.34. The Balaban J connectivity index is 1.23. The van der Waals surface area contributed by atoms with E-state index in [0.29, 0.717) is 29.2 Å². The molecule has 4 aliphatic rings. The summed E-state index contributed by atoms with van der Waals surface area (Å²) >= 11 is 0. The van der Waals surface area contributed by atoms with Gasteiger partial charge in [-0.15, -0.1) is 0 Å². The molecule has 0 saturated heterocycles. The van der Waals surface area contributed by atoms with E-state index in [4.69, 9.17) is 4.74 Å². The Morgan fingerprint density at radius 2 is 1.48 bits per heavy atom. The van der Waals surface area contributed by atoms with E-state index < -0.39 is 35.6 Å². The number of hydrogen-bond donors (Lipinski definition) is 5. The first kappa shape index (κ1) is 31.6. The zero-order valence-electron chi connectivity index (χ0n) is 26.7. The molecule has 4 aliphatic carbocycles. The summed E-state index contributed by atoms with van der Waals surface area (Å²) in [5, 5.41) is 18.9. The fourth-order valence-corrected chi connectivity index (χ4v) is 8.17. The van der Waals surface area contributed by atoms with Crippen molar-refractivity contribution in [1.82, 2.24) is 20.9 Å². The first-order valence-corrected chi connectivity index (χ1v) is 16.4. The number of carbonyl (C=O) groups excluding carboxylic acids is 4. The number of aromatic amines is 1. The van der Waals surface area contributed by atoms with E-state index in [0.717, 1.165) is 42.1 Å². The minimum atomic E-state index is -1.10. The number of carbonyl (C=O) groups is 4. The molecule has 4 amide bonds. The lowest BCUT2D eigenvalue weighted by molar-refractivity contribution is -0.143. The van der Waals surface area contributed by atoms with Crippen molar-refractivity contribution in [2.75, 3.05) is 0 Å². The van der Waals surface area contributed by atoms with Crippen LogP contribution in [0.3, 0.4) is 0 Å². The van der Waals surface area contributed by atoms with Crippen molar-refractivity contribution in [3.05, 3.63) is 65.9 Å². The predicted octanol–water partition coefficient (Wildman–Crippen LogP) is 4.75. The van der Waals surface area contributed by atoms with Crippen molar-refractivity contribution in [3.63, 3.8) is 0 Å². The standard InChI is InChI=1S/C36H44N4O6/c1-36(2,3)46-35(45)39-29(17-20-8-10-26(41)11-9-20)32(42)38-30(18-25-19-37-28-7-5-4-6-27(25)28)33(43)40-34(44)31-23-13-21-12-22(15-23)16-24(31)14-21/h4-11,19,21-24,29-31,37,41H,12-18H2,1-3H3,(H,38,42)(H,39,45)(H,40,43,44)/t21?,22?,23?,24?,29-,30+,31?/m0/s1. The van der Waals surface area contributed by atoms with Crippen molar-refractivity contribution in [2.45, 2.75) is 83.4 Å². The van der Waals surface area contributed by atoms with Crippen LogP contribution in [0.4, 0.5) is 4.79 Å². The number of amides is 4. The molecule has 4 bridgehead atoms. The van der Waals surface area contributed by atoms with E-state index in [2.05, 4.69) is 20.9 Å². The first-order valence-electron chi connectivity index (χ1n) is 16.4. The van der Waals surface area contributed by atoms with Gasteiger partial charge in [0.05, 0.1) is 0 Å². The van der Waals surface area contributed by atoms with Gasteiger partial charge in [-0.25, -0.2) is 4.79 Å². The number of nitrogens with one attached hydrogen (secondary N) is 4. The van der Waals surface area contributed by atoms with E-state index in [9.17, 15) is 24.3 Å². The summed E-state index contributed by atoms with van der Waals surface area (Å²) in [6.45, 7) is 5.18. The number of fused-ring (bicyclic) bond motifs is 1. The monoisotopic (exact) mass is 628 g/mol. The van der Waals surface area contributed by atoms with Crippen molar-refractivity contribution < 1.29 is 29.0 Å². The molecule has 3 aromatic rings. The average molecular weight is 629 g/mol. The number of H-pyrrole nitrogens is 1. The molecule has 244 valence electrons. The number of benzene rings is 2. The Labute approximate surface area is 269 Å². The molecule has 10 heteroatoms. The second-order valence-corrected chi connectivity index (χ2v) is 14.5. The van der Waals surface area contributed by atoms with E-state index in [1.54, 1.807) is 32.9 Å². The largest absolute Gasteiger partial charge is 0.508 e. The number of ether oxygens (including phenoxy) is 1. The van der Waals surface area contributed by atoms with E-state index in [1.165, 1.54) is 18.6 Å². The van der Waals surface area contributed by atoms with Crippen molar-refractivity contribution in [1.29, 1.82) is 0 Å². The Morgan fingerprint density at radius 3 is 2.13 bits per heavy atom. The SMILES string of the molecule is CC(C)(C)OC(=O)N[C@@H](Cc1ccc(O)cc1)C(=O)N[C@H](Cc1c[nH]c2ccccc12)C(=O)NC(=O)C1C2CC3CC(C2)CC1C3. The number of alkyl carbamates (subject to hydrolysis) is 1. The zero-order chi connectivity index (χ0) is 32.6. The van der Waals surface area contributed by atoms with Gasteiger partial charge in [-0.1, -0.05) is 30.3 Å². The number of phenolic OH excluding ortho intramolecular Hbond substituents is 1. The van der Waals surface area contributed by atoms with Gasteiger partial charge in [-0.05, 0) is 106 Å². The minimum Gasteiger partial charge on any atom is -0.508 e. The quantitative estimate of drug-likeness (QED) is 0.231. The Bertz CT molecular complexity index is 1580. The van der Waals surface area contributed by atoms with Gasteiger partial charge in [0, 0.05) is 35.9 Å². The second kappa shape index (κ2) is 12.8. The molecule has 0 spiro atoms. The van der Waals surface area contributed by atoms with Gasteiger partial charge in [-0.3, -0.25) is 19.7 Å². The maximum Gasteiger partial charge on any atom is 0.408 e. The van der Waals surface area contributed by atoms with Crippen LogP contribution in [0.2, 0.25) is 0 Å². The molecule has 5 N–H and O–H groups in total. The predicted molar refractivity (Wildman–Crippen MR) is 173 cm³/mol. The van der Waals surface area contributed by atoms with Gasteiger partial charge in [0.1, 0.15) is 23.4 Å². The van der Waals surface area contributed by atoms with Crippen molar-refractivity contribution >= 4 is 34.7 Å². The zero-order valence-corrected chi connectivity index (χ0v) is 26.7. The maximum absolute atomic E-state index is 13.9. The number of aromatic hydroxyl groups is 1. The number of para-hydroxylation sites is 1. The highest BCUT2D eigenvalue weighted by Crippen LogP contribution is 2.56. The molecule has 46 heavy (non-hydrogen) atoms. The lowest BCUT2D eigenvalue weighted by atomic mass is 9.51. The lowest BCUT2D eigenvalue weighted by Gasteiger charge is -2.53. The fourth-order valence-electron chi connectivity index (χ4n) is 8.17. The molecule has 2 atom stereocenters. The Morgan fingerprint density at radius 1 is 0.848 bits per heavy atom. The first-order chi connectivity index (χ1) is 21.9. The third-order valence-electron chi connectivity index (χ3n) is 9.89. The molecule has 4 saturated carbocycles. The van der Waals surface area contributed by atoms with Gasteiger partial charge >= 0.3 is 6.09 Å². The number of phenols is 1. The summed E-state index contributed by atoms with van der Waals surface area (Å²) in [6.07, 6.45) is 6.70. The van der Waals surface area contributed by atoms with Gasteiger partial charge in [0.25, 0.3) is 0 Å². The van der Waals surface area contributed by atoms with Crippen molar-refractivity contribution in [2.24, 2.45) is 29.6 Å². The van der Waals surface area contributed by atoms with Crippen LogP contribution in [0.25, 0.3) is 10.9 Å². The topological polar surface area (TPSA) is 150 Å². The molecule has 0 aliphatic heterocycles. The summed E-state index contributed by atoms with van der Waals surface area (Å²) in [5.74, 6) is 0.472. The van der Waals surface area contributed by atoms with Crippen LogP contribution in [0.1, 0.15) is 64.0 Å². The van der Waals surface area contributed by atoms with Crippen molar-refractivity contribution in [3.8, 4) is 5.75 Å². The summed E-state index contributed by atoms with van der Waals surface area (Å²) in [7, 11) is 0. The van der Waals surface area contributed by atoms with Crippen LogP contribution in [0.15, 0.2) is 54.7 Å². The number of hydrogen-bond acceptors (Lipinski definition) is 6. The summed E-state index contributed by atoms with van der Waals surface area (Å²) < 4.78 is 5.43. The molecule has 1 aromatic heterocycles. The van der Waals surface area contributed by atoms with Gasteiger partial charge in [-0.2, -0.15) is 0 Å². The highest BCUT2D eigenvalue weighted by Gasteiger charge is 2.51. The number of aromatic nitrogens is 1. The number of imide groups is 1. The smallest absolute Gasteiger partial charge is 0.408 e. The molecule has 2 aromatic carbocycles. The van der Waals surface area contributed by atoms with Gasteiger partial charge < -0.3 is 25.5 Å². The molecule has 0 radical (unpaired) electrons. The molecule has 0 unspecified atom stereocenters. The van der Waals surface area contributed by atoms with Crippen LogP contribution in [0.5, 0.6) is 5.75 Å². The third kappa shape index (κ3) is 7.21. The van der Waals surface area contributed by atoms with E-state index >= 15 is 0 Å². The molecule has 7 rings (SSSR count). The Kier molecular flexibility index (Phi) is 8.81. The van der Waals surface area contributed by atoms with Crippen LogP contribution >= 0.6 is 0 Å². The maximum atomic E-state index is 13.9. The van der Waals surface area contributed by atoms with Gasteiger partial charge in [0.2, 0.25) is 17.7 Å². The van der Waals surface area contributed by atoms with Crippen LogP contribution in [-0.4, -0.2) is 51.6 Å². The molecule has 10 nitrogen and oxygen atoms in total. The molecule has 4 fully saturated rings. The third-order valence-corrected chi connectivity index (χ3v) is 9.89. The highest BCUT2D eigenvalue weighted by atomic mass is 16.6. The van der Waals surface area contributed by atoms with E-state index in [1.807, 2.05) is 30.5 Å². The summed E-state index contributed by atoms with van der Waals surface area (Å²) in [4.78, 5) is 57.5. The van der Waals surface area contributed by atoms with Crippen LogP contribution < -0.4 is 16.0 Å². The minimum absolute atomic E-state index is 0.0733. The van der Waals surface area contributed by atoms with Gasteiger partial charge in [0.15, 0.2) is 0 Å². The fraction of sp³-hybridized carbons (Fsp3) is 0.500. The summed E-state index contributed by atoms with van der Waals surface area (Å²) in [6, 6.07) is 11.8. The molecular weight excluding hydrogens is 584 g/mol. The van der Waals surface area contributed by atoms with Crippen LogP contribution in [0, 0.1) is 29.6 Å². The van der Waals surface area contributed by atoms with Crippen LogP contribution in [-0.2, 0) is 32.0 Å². The lowest BCUT2D eigenvalue weighted by Crippen LogP contribution is -2.58. The van der Waals surface area contributed by atoms with E-state index in [-0.39, 0.29) is 30.4 Å². The second-order valence-electron chi connectivity index (χ2n) is 14.5. The highest BCUT2D eigenvalue weighted by molar-refractivity contribution is 6.01. The number of rotatable bonds is 9. The molecular formula is C36H44N4O6. The summed E-state index contributed by atoms with van der Waals surface area (Å²) in [5.41, 5.74) is 1.60. The molecule has 1 heterocycles.